The van der Waals surface area contributed by atoms with E-state index < -0.39 is 0 Å². The highest BCUT2D eigenvalue weighted by atomic mass is 15.1. The standard InChI is InChI=1S/C21H28N2/c1-23-14-11-21(12-15-23,18-7-3-2-4-8-18)10-13-22-20-9-5-6-17-16-19(17)20/h2-4,7-8,16-17H,5-6,9-15H2,1H3. The molecule has 2 aliphatic carbocycles. The third kappa shape index (κ3) is 3.14. The van der Waals surface area contributed by atoms with Gasteiger partial charge in [0.2, 0.25) is 0 Å². The molecule has 0 radical (unpaired) electrons. The summed E-state index contributed by atoms with van der Waals surface area (Å²) in [5.74, 6) is 0.800. The maximum absolute atomic E-state index is 5.02. The Morgan fingerprint density at radius 2 is 1.96 bits per heavy atom. The maximum Gasteiger partial charge on any atom is 0.0401 e. The fourth-order valence-electron chi connectivity index (χ4n) is 4.45. The summed E-state index contributed by atoms with van der Waals surface area (Å²) >= 11 is 0. The second-order valence-electron chi connectivity index (χ2n) is 7.65. The van der Waals surface area contributed by atoms with Crippen LogP contribution in [-0.2, 0) is 5.41 Å². The highest BCUT2D eigenvalue weighted by molar-refractivity contribution is 6.05. The smallest absolute Gasteiger partial charge is 0.0401 e. The summed E-state index contributed by atoms with van der Waals surface area (Å²) in [6, 6.07) is 11.2. The number of aliphatic imine (C=N–C) groups is 1. The number of hydrogen-bond donors (Lipinski definition) is 0. The molecule has 2 heteroatoms. The largest absolute Gasteiger partial charge is 0.306 e. The lowest BCUT2D eigenvalue weighted by atomic mass is 9.70. The monoisotopic (exact) mass is 308 g/mol. The van der Waals surface area contributed by atoms with Crippen molar-refractivity contribution in [2.75, 3.05) is 26.7 Å². The lowest BCUT2D eigenvalue weighted by Gasteiger charge is -2.41. The van der Waals surface area contributed by atoms with Gasteiger partial charge in [0.25, 0.3) is 0 Å². The molecule has 0 aromatic heterocycles. The molecule has 0 spiro atoms. The summed E-state index contributed by atoms with van der Waals surface area (Å²) < 4.78 is 0. The first kappa shape index (κ1) is 15.1. The number of rotatable bonds is 4. The van der Waals surface area contributed by atoms with Crippen LogP contribution in [0.1, 0.15) is 44.1 Å². The molecule has 1 aromatic carbocycles. The van der Waals surface area contributed by atoms with Crippen LogP contribution in [-0.4, -0.2) is 37.3 Å². The molecule has 1 atom stereocenters. The molecule has 2 nitrogen and oxygen atoms in total. The van der Waals surface area contributed by atoms with Gasteiger partial charge in [-0.15, -0.1) is 0 Å². The first-order valence-electron chi connectivity index (χ1n) is 9.26. The molecule has 3 aliphatic rings. The summed E-state index contributed by atoms with van der Waals surface area (Å²) in [4.78, 5) is 7.49. The van der Waals surface area contributed by atoms with E-state index in [1.807, 2.05) is 0 Å². The van der Waals surface area contributed by atoms with E-state index in [0.29, 0.717) is 5.41 Å². The average molecular weight is 308 g/mol. The molecule has 23 heavy (non-hydrogen) atoms. The van der Waals surface area contributed by atoms with Crippen molar-refractivity contribution in [2.45, 2.75) is 43.9 Å². The van der Waals surface area contributed by atoms with Gasteiger partial charge in [0, 0.05) is 18.2 Å². The quantitative estimate of drug-likeness (QED) is 0.813. The van der Waals surface area contributed by atoms with E-state index in [-0.39, 0.29) is 0 Å². The molecule has 1 aliphatic heterocycles. The predicted octanol–water partition coefficient (Wildman–Crippen LogP) is 4.22. The van der Waals surface area contributed by atoms with Gasteiger partial charge in [0.1, 0.15) is 0 Å². The SMILES string of the molecule is CN1CCC(CCN=C2CCCC3C=C23)(c2ccccc2)CC1. The molecule has 122 valence electrons. The third-order valence-corrected chi connectivity index (χ3v) is 6.16. The minimum absolute atomic E-state index is 0.337. The number of allylic oxidation sites excluding steroid dienone is 2. The van der Waals surface area contributed by atoms with Gasteiger partial charge in [0.15, 0.2) is 0 Å². The molecule has 0 amide bonds. The first-order valence-corrected chi connectivity index (χ1v) is 9.26. The number of benzene rings is 1. The molecule has 0 bridgehead atoms. The summed E-state index contributed by atoms with van der Waals surface area (Å²) in [5, 5.41) is 0. The van der Waals surface area contributed by atoms with Gasteiger partial charge in [-0.05, 0) is 75.2 Å². The Hall–Kier alpha value is -1.41. The maximum atomic E-state index is 5.02. The van der Waals surface area contributed by atoms with Gasteiger partial charge in [-0.2, -0.15) is 0 Å². The number of piperidine rings is 1. The molecule has 1 unspecified atom stereocenters. The van der Waals surface area contributed by atoms with E-state index in [4.69, 9.17) is 4.99 Å². The van der Waals surface area contributed by atoms with Crippen LogP contribution in [0.3, 0.4) is 0 Å². The highest BCUT2D eigenvalue weighted by Gasteiger charge is 2.35. The second kappa shape index (κ2) is 6.24. The third-order valence-electron chi connectivity index (χ3n) is 6.16. The highest BCUT2D eigenvalue weighted by Crippen LogP contribution is 2.41. The average Bonchev–Trinajstić information content (AvgIpc) is 3.38. The van der Waals surface area contributed by atoms with E-state index in [1.165, 1.54) is 62.9 Å². The van der Waals surface area contributed by atoms with Crippen molar-refractivity contribution >= 4 is 5.71 Å². The van der Waals surface area contributed by atoms with Crippen molar-refractivity contribution < 1.29 is 0 Å². The molecule has 2 fully saturated rings. The Kier molecular flexibility index (Phi) is 4.11. The normalized spacial score (nSPS) is 28.3. The second-order valence-corrected chi connectivity index (χ2v) is 7.65. The number of hydrogen-bond acceptors (Lipinski definition) is 2. The zero-order chi connectivity index (χ0) is 15.7. The Balaban J connectivity index is 1.48. The van der Waals surface area contributed by atoms with Crippen molar-refractivity contribution in [2.24, 2.45) is 10.9 Å². The fraction of sp³-hybridized carbons (Fsp3) is 0.571. The Bertz CT molecular complexity index is 606. The van der Waals surface area contributed by atoms with Crippen molar-refractivity contribution in [1.29, 1.82) is 0 Å². The Morgan fingerprint density at radius 1 is 1.17 bits per heavy atom. The number of fused-ring (bicyclic) bond motifs is 1. The summed E-state index contributed by atoms with van der Waals surface area (Å²) in [6.45, 7) is 3.41. The van der Waals surface area contributed by atoms with Gasteiger partial charge < -0.3 is 4.90 Å². The van der Waals surface area contributed by atoms with Crippen LogP contribution in [0.5, 0.6) is 0 Å². The van der Waals surface area contributed by atoms with Crippen LogP contribution in [0, 0.1) is 5.92 Å². The Labute approximate surface area is 140 Å². The number of nitrogens with zero attached hydrogens (tertiary/aromatic N) is 2. The zero-order valence-corrected chi connectivity index (χ0v) is 14.3. The Morgan fingerprint density at radius 3 is 2.74 bits per heavy atom. The predicted molar refractivity (Wildman–Crippen MR) is 97.2 cm³/mol. The lowest BCUT2D eigenvalue weighted by molar-refractivity contribution is 0.180. The first-order chi connectivity index (χ1) is 11.3. The molecule has 4 rings (SSSR count). The zero-order valence-electron chi connectivity index (χ0n) is 14.3. The minimum atomic E-state index is 0.337. The van der Waals surface area contributed by atoms with Crippen LogP contribution in [0.25, 0.3) is 0 Å². The molecular formula is C21H28N2. The van der Waals surface area contributed by atoms with Crippen molar-refractivity contribution in [3.8, 4) is 0 Å². The van der Waals surface area contributed by atoms with Gasteiger partial charge in [-0.1, -0.05) is 36.4 Å². The van der Waals surface area contributed by atoms with Gasteiger partial charge in [0.05, 0.1) is 0 Å². The van der Waals surface area contributed by atoms with Gasteiger partial charge in [-0.3, -0.25) is 4.99 Å². The van der Waals surface area contributed by atoms with E-state index in [1.54, 1.807) is 5.57 Å². The van der Waals surface area contributed by atoms with Crippen molar-refractivity contribution in [3.05, 3.63) is 47.5 Å². The van der Waals surface area contributed by atoms with Crippen LogP contribution >= 0.6 is 0 Å². The number of likely N-dealkylation sites (tertiary alicyclic amines) is 1. The molecule has 1 aromatic rings. The van der Waals surface area contributed by atoms with E-state index >= 15 is 0 Å². The summed E-state index contributed by atoms with van der Waals surface area (Å²) in [5.41, 5.74) is 4.87. The van der Waals surface area contributed by atoms with Gasteiger partial charge >= 0.3 is 0 Å². The molecular weight excluding hydrogens is 280 g/mol. The van der Waals surface area contributed by atoms with Crippen LogP contribution in [0.4, 0.5) is 0 Å². The van der Waals surface area contributed by atoms with E-state index in [9.17, 15) is 0 Å². The van der Waals surface area contributed by atoms with E-state index in [0.717, 1.165) is 12.5 Å². The molecule has 0 N–H and O–H groups in total. The van der Waals surface area contributed by atoms with Crippen LogP contribution < -0.4 is 0 Å². The topological polar surface area (TPSA) is 15.6 Å². The van der Waals surface area contributed by atoms with E-state index in [2.05, 4.69) is 48.4 Å². The molecule has 1 heterocycles. The summed E-state index contributed by atoms with van der Waals surface area (Å²) in [7, 11) is 2.25. The van der Waals surface area contributed by atoms with Crippen molar-refractivity contribution in [1.82, 2.24) is 4.90 Å². The lowest BCUT2D eigenvalue weighted by Crippen LogP contribution is -2.41. The molecule has 1 saturated carbocycles. The van der Waals surface area contributed by atoms with Gasteiger partial charge in [-0.25, -0.2) is 0 Å². The summed E-state index contributed by atoms with van der Waals surface area (Å²) in [6.07, 6.45) is 10.1. The van der Waals surface area contributed by atoms with Crippen molar-refractivity contribution in [3.63, 3.8) is 0 Å². The van der Waals surface area contributed by atoms with Crippen LogP contribution in [0.15, 0.2) is 47.0 Å². The molecule has 1 saturated heterocycles. The van der Waals surface area contributed by atoms with Crippen LogP contribution in [0.2, 0.25) is 0 Å². The minimum Gasteiger partial charge on any atom is -0.306 e. The fourth-order valence-corrected chi connectivity index (χ4v) is 4.45.